The van der Waals surface area contributed by atoms with Crippen LogP contribution in [-0.2, 0) is 6.54 Å². The van der Waals surface area contributed by atoms with Gasteiger partial charge in [-0.3, -0.25) is 4.98 Å². The van der Waals surface area contributed by atoms with E-state index >= 15 is 0 Å². The number of aliphatic hydroxyl groups is 1. The van der Waals surface area contributed by atoms with E-state index < -0.39 is 0 Å². The van der Waals surface area contributed by atoms with Crippen molar-refractivity contribution in [2.45, 2.75) is 32.4 Å². The molecular weight excluding hydrogens is 248 g/mol. The predicted molar refractivity (Wildman–Crippen MR) is 81.4 cm³/mol. The molecule has 1 heterocycles. The van der Waals surface area contributed by atoms with Crippen LogP contribution in [0.4, 0.5) is 0 Å². The summed E-state index contributed by atoms with van der Waals surface area (Å²) in [5.41, 5.74) is 3.20. The zero-order valence-corrected chi connectivity index (χ0v) is 12.1. The number of rotatable bonds is 6. The molecule has 0 aliphatic carbocycles. The van der Waals surface area contributed by atoms with Crippen LogP contribution in [0.5, 0.6) is 0 Å². The molecule has 1 aromatic carbocycles. The molecule has 0 saturated heterocycles. The Kier molecular flexibility index (Phi) is 5.27. The van der Waals surface area contributed by atoms with Gasteiger partial charge in [0.2, 0.25) is 0 Å². The molecule has 3 heteroatoms. The van der Waals surface area contributed by atoms with Crippen LogP contribution in [0.3, 0.4) is 0 Å². The fourth-order valence-electron chi connectivity index (χ4n) is 2.12. The Hall–Kier alpha value is -1.71. The quantitative estimate of drug-likeness (QED) is 0.848. The molecule has 2 rings (SSSR count). The Balaban J connectivity index is 2.02. The molecule has 0 saturated carbocycles. The number of nitrogens with zero attached hydrogens (tertiary/aromatic N) is 1. The second-order valence-corrected chi connectivity index (χ2v) is 5.24. The van der Waals surface area contributed by atoms with Gasteiger partial charge in [-0.25, -0.2) is 0 Å². The van der Waals surface area contributed by atoms with Gasteiger partial charge in [-0.2, -0.15) is 0 Å². The Morgan fingerprint density at radius 3 is 2.45 bits per heavy atom. The van der Waals surface area contributed by atoms with Crippen LogP contribution in [0.2, 0.25) is 0 Å². The van der Waals surface area contributed by atoms with Gasteiger partial charge in [0, 0.05) is 12.2 Å². The molecule has 0 fully saturated rings. The van der Waals surface area contributed by atoms with Gasteiger partial charge in [0.05, 0.1) is 18.3 Å². The van der Waals surface area contributed by atoms with Crippen LogP contribution in [0, 0.1) is 0 Å². The molecule has 1 atom stereocenters. The molecule has 0 amide bonds. The van der Waals surface area contributed by atoms with E-state index in [-0.39, 0.29) is 12.6 Å². The van der Waals surface area contributed by atoms with Gasteiger partial charge in [0.15, 0.2) is 0 Å². The molecule has 0 bridgehead atoms. The van der Waals surface area contributed by atoms with Crippen LogP contribution in [0.25, 0.3) is 0 Å². The third-order valence-electron chi connectivity index (χ3n) is 3.33. The number of nitrogens with one attached hydrogen (secondary N) is 1. The summed E-state index contributed by atoms with van der Waals surface area (Å²) in [7, 11) is 0. The van der Waals surface area contributed by atoms with E-state index in [4.69, 9.17) is 0 Å². The van der Waals surface area contributed by atoms with Gasteiger partial charge in [0.1, 0.15) is 0 Å². The first-order valence-corrected chi connectivity index (χ1v) is 7.05. The highest BCUT2D eigenvalue weighted by atomic mass is 16.3. The minimum atomic E-state index is -0.0549. The maximum absolute atomic E-state index is 9.52. The van der Waals surface area contributed by atoms with Gasteiger partial charge in [-0.1, -0.05) is 50.2 Å². The fraction of sp³-hybridized carbons (Fsp3) is 0.353. The van der Waals surface area contributed by atoms with Crippen molar-refractivity contribution in [1.29, 1.82) is 0 Å². The van der Waals surface area contributed by atoms with Gasteiger partial charge in [-0.15, -0.1) is 0 Å². The minimum Gasteiger partial charge on any atom is -0.394 e. The third-order valence-corrected chi connectivity index (χ3v) is 3.33. The first kappa shape index (κ1) is 14.7. The largest absolute Gasteiger partial charge is 0.394 e. The molecule has 1 aromatic heterocycles. The summed E-state index contributed by atoms with van der Waals surface area (Å²) in [5, 5.41) is 12.9. The Morgan fingerprint density at radius 2 is 1.80 bits per heavy atom. The van der Waals surface area contributed by atoms with Gasteiger partial charge in [0.25, 0.3) is 0 Å². The number of hydrogen-bond acceptors (Lipinski definition) is 3. The van der Waals surface area contributed by atoms with E-state index in [1.54, 1.807) is 0 Å². The number of hydrogen-bond donors (Lipinski definition) is 2. The molecule has 0 aliphatic heterocycles. The van der Waals surface area contributed by atoms with Crippen molar-refractivity contribution < 1.29 is 5.11 Å². The SMILES string of the molecule is CC(C)c1cccc(CNC(CO)c2ccccc2)n1. The van der Waals surface area contributed by atoms with Crippen molar-refractivity contribution in [3.8, 4) is 0 Å². The smallest absolute Gasteiger partial charge is 0.0626 e. The molecule has 2 N–H and O–H groups in total. The second kappa shape index (κ2) is 7.17. The van der Waals surface area contributed by atoms with Crippen LogP contribution >= 0.6 is 0 Å². The molecular formula is C17H22N2O. The summed E-state index contributed by atoms with van der Waals surface area (Å²) >= 11 is 0. The van der Waals surface area contributed by atoms with E-state index in [9.17, 15) is 5.11 Å². The van der Waals surface area contributed by atoms with Crippen LogP contribution in [0.1, 0.15) is 42.8 Å². The highest BCUT2D eigenvalue weighted by Crippen LogP contribution is 2.14. The Bertz CT molecular complexity index is 526. The maximum Gasteiger partial charge on any atom is 0.0626 e. The van der Waals surface area contributed by atoms with Gasteiger partial charge < -0.3 is 10.4 Å². The van der Waals surface area contributed by atoms with Crippen molar-refractivity contribution in [3.05, 3.63) is 65.5 Å². The van der Waals surface area contributed by atoms with Crippen molar-refractivity contribution >= 4 is 0 Å². The third kappa shape index (κ3) is 3.89. The number of pyridine rings is 1. The first-order valence-electron chi connectivity index (χ1n) is 7.05. The number of benzene rings is 1. The lowest BCUT2D eigenvalue weighted by Gasteiger charge is -2.17. The molecule has 2 aromatic rings. The lowest BCUT2D eigenvalue weighted by molar-refractivity contribution is 0.243. The highest BCUT2D eigenvalue weighted by molar-refractivity contribution is 5.19. The summed E-state index contributed by atoms with van der Waals surface area (Å²) < 4.78 is 0. The molecule has 20 heavy (non-hydrogen) atoms. The summed E-state index contributed by atoms with van der Waals surface area (Å²) in [4.78, 5) is 4.63. The zero-order chi connectivity index (χ0) is 14.4. The molecule has 1 unspecified atom stereocenters. The Morgan fingerprint density at radius 1 is 1.05 bits per heavy atom. The van der Waals surface area contributed by atoms with Gasteiger partial charge >= 0.3 is 0 Å². The molecule has 0 spiro atoms. The first-order chi connectivity index (χ1) is 9.70. The van der Waals surface area contributed by atoms with Gasteiger partial charge in [-0.05, 0) is 23.6 Å². The van der Waals surface area contributed by atoms with Crippen molar-refractivity contribution in [1.82, 2.24) is 10.3 Å². The molecule has 0 radical (unpaired) electrons. The van der Waals surface area contributed by atoms with Crippen molar-refractivity contribution in [3.63, 3.8) is 0 Å². The fourth-order valence-corrected chi connectivity index (χ4v) is 2.12. The summed E-state index contributed by atoms with van der Waals surface area (Å²) in [5.74, 6) is 0.428. The molecule has 106 valence electrons. The van der Waals surface area contributed by atoms with Crippen LogP contribution in [0.15, 0.2) is 48.5 Å². The average molecular weight is 270 g/mol. The monoisotopic (exact) mass is 270 g/mol. The summed E-state index contributed by atoms with van der Waals surface area (Å²) in [6, 6.07) is 16.0. The number of aliphatic hydroxyl groups excluding tert-OH is 1. The number of aromatic nitrogens is 1. The van der Waals surface area contributed by atoms with Crippen molar-refractivity contribution in [2.75, 3.05) is 6.61 Å². The standard InChI is InChI=1S/C17H22N2O/c1-13(2)16-10-6-9-15(19-16)11-18-17(12-20)14-7-4-3-5-8-14/h3-10,13,17-18,20H,11-12H2,1-2H3. The van der Waals surface area contributed by atoms with E-state index in [0.29, 0.717) is 12.5 Å². The summed E-state index contributed by atoms with van der Waals surface area (Å²) in [6.45, 7) is 5.01. The molecule has 3 nitrogen and oxygen atoms in total. The van der Waals surface area contributed by atoms with Crippen LogP contribution in [-0.4, -0.2) is 16.7 Å². The topological polar surface area (TPSA) is 45.1 Å². The maximum atomic E-state index is 9.52. The highest BCUT2D eigenvalue weighted by Gasteiger charge is 2.10. The summed E-state index contributed by atoms with van der Waals surface area (Å²) in [6.07, 6.45) is 0. The minimum absolute atomic E-state index is 0.0549. The predicted octanol–water partition coefficient (Wildman–Crippen LogP) is 3.03. The van der Waals surface area contributed by atoms with E-state index in [1.807, 2.05) is 42.5 Å². The lowest BCUT2D eigenvalue weighted by Crippen LogP contribution is -2.24. The van der Waals surface area contributed by atoms with E-state index in [0.717, 1.165) is 17.0 Å². The van der Waals surface area contributed by atoms with Crippen molar-refractivity contribution in [2.24, 2.45) is 0 Å². The van der Waals surface area contributed by atoms with E-state index in [1.165, 1.54) is 0 Å². The average Bonchev–Trinajstić information content (AvgIpc) is 2.49. The van der Waals surface area contributed by atoms with E-state index in [2.05, 4.69) is 30.2 Å². The zero-order valence-electron chi connectivity index (χ0n) is 12.1. The Labute approximate surface area is 120 Å². The normalized spacial score (nSPS) is 12.6. The molecule has 0 aliphatic rings. The second-order valence-electron chi connectivity index (χ2n) is 5.24. The van der Waals surface area contributed by atoms with Crippen LogP contribution < -0.4 is 5.32 Å². The lowest BCUT2D eigenvalue weighted by atomic mass is 10.1.